The van der Waals surface area contributed by atoms with E-state index >= 15 is 0 Å². The SMILES string of the molecule is CC1(C)OB(B2OC(C)(C)C(C)(C)O2)OC1(C)C.Oc1ccc(I)cc1.[C-]#[N+]c1ccc(F)cc1C(F)(F)F.[C-]#[N+]c1ccc(Oc2ccc(B3OC(C)(C)C(C)(C)O3)cc2)cc1C(F)(F)F.[C-]#[N+]c1ccc(Oc2ccc(I)cc2)cc1C(F)(F)F. The van der Waals surface area contributed by atoms with Gasteiger partial charge in [-0.1, -0.05) is 30.3 Å². The topological polar surface area (TPSA) is 107 Å². The van der Waals surface area contributed by atoms with Gasteiger partial charge in [0.2, 0.25) is 0 Å². The summed E-state index contributed by atoms with van der Waals surface area (Å²) < 4.78 is 175. The van der Waals surface area contributed by atoms with Crippen LogP contribution in [0.1, 0.15) is 99.8 Å². The molecule has 0 aliphatic carbocycles. The molecular weight excluding hydrogens is 1380 g/mol. The molecule has 9 rings (SSSR count). The van der Waals surface area contributed by atoms with Crippen molar-refractivity contribution >= 4 is 88.8 Å². The number of ether oxygens (including phenoxy) is 2. The molecule has 0 spiro atoms. The van der Waals surface area contributed by atoms with E-state index in [0.717, 1.165) is 49.0 Å². The third-order valence-corrected chi connectivity index (χ3v) is 15.9. The van der Waals surface area contributed by atoms with Gasteiger partial charge in [0.1, 0.15) is 34.6 Å². The first-order chi connectivity index (χ1) is 39.9. The van der Waals surface area contributed by atoms with Crippen LogP contribution in [0.4, 0.5) is 61.0 Å². The summed E-state index contributed by atoms with van der Waals surface area (Å²) in [5.41, 5.74) is -6.32. The highest BCUT2D eigenvalue weighted by molar-refractivity contribution is 14.1. The van der Waals surface area contributed by atoms with Crippen molar-refractivity contribution in [3.8, 4) is 28.7 Å². The van der Waals surface area contributed by atoms with Gasteiger partial charge in [-0.25, -0.2) is 18.9 Å². The van der Waals surface area contributed by atoms with Gasteiger partial charge >= 0.3 is 39.7 Å². The molecule has 0 saturated carbocycles. The van der Waals surface area contributed by atoms with Crippen LogP contribution in [-0.2, 0) is 46.5 Å². The van der Waals surface area contributed by atoms with Crippen molar-refractivity contribution in [1.29, 1.82) is 0 Å². The summed E-state index contributed by atoms with van der Waals surface area (Å²) in [7, 11) is -1.49. The van der Waals surface area contributed by atoms with Gasteiger partial charge in [0.25, 0.3) is 0 Å². The highest BCUT2D eigenvalue weighted by Crippen LogP contribution is 2.45. The lowest BCUT2D eigenvalue weighted by atomic mass is 9.49. The normalized spacial score (nSPS) is 17.4. The molecule has 87 heavy (non-hydrogen) atoms. The summed E-state index contributed by atoms with van der Waals surface area (Å²) in [5.74, 6) is 0.178. The van der Waals surface area contributed by atoms with Gasteiger partial charge in [0.05, 0.1) is 70.0 Å². The van der Waals surface area contributed by atoms with Crippen molar-refractivity contribution in [3.63, 3.8) is 0 Å². The Balaban J connectivity index is 0.000000208. The molecule has 3 fully saturated rings. The van der Waals surface area contributed by atoms with Crippen molar-refractivity contribution in [1.82, 2.24) is 0 Å². The van der Waals surface area contributed by atoms with E-state index in [0.29, 0.717) is 23.3 Å². The van der Waals surface area contributed by atoms with Crippen LogP contribution in [0.15, 0.2) is 127 Å². The molecule has 0 atom stereocenters. The van der Waals surface area contributed by atoms with Crippen LogP contribution in [-0.4, -0.2) is 59.8 Å². The zero-order valence-electron chi connectivity index (χ0n) is 48.9. The molecule has 460 valence electrons. The van der Waals surface area contributed by atoms with E-state index in [1.54, 1.807) is 60.7 Å². The van der Waals surface area contributed by atoms with Crippen LogP contribution < -0.4 is 14.9 Å². The van der Waals surface area contributed by atoms with Gasteiger partial charge in [-0.15, -0.1) is 0 Å². The number of rotatable bonds is 6. The Morgan fingerprint density at radius 3 is 0.989 bits per heavy atom. The summed E-state index contributed by atoms with van der Waals surface area (Å²) in [4.78, 5) is 8.42. The first kappa shape index (κ1) is 71.7. The zero-order chi connectivity index (χ0) is 65.5. The number of phenols is 1. The molecule has 1 N–H and O–H groups in total. The predicted molar refractivity (Wildman–Crippen MR) is 328 cm³/mol. The Morgan fingerprint density at radius 2 is 0.678 bits per heavy atom. The molecular formula is C60H58B3F10I2N3O9. The van der Waals surface area contributed by atoms with Gasteiger partial charge in [-0.05, 0) is 231 Å². The number of nitrogens with zero attached hydrogens (tertiary/aromatic N) is 3. The highest BCUT2D eigenvalue weighted by atomic mass is 127. The molecule has 3 aliphatic rings. The second-order valence-electron chi connectivity index (χ2n) is 22.4. The summed E-state index contributed by atoms with van der Waals surface area (Å²) in [6, 6.07) is 29.2. The first-order valence-corrected chi connectivity index (χ1v) is 28.2. The molecule has 0 amide bonds. The highest BCUT2D eigenvalue weighted by Gasteiger charge is 2.64. The van der Waals surface area contributed by atoms with Crippen LogP contribution in [0.2, 0.25) is 0 Å². The molecule has 12 nitrogen and oxygen atoms in total. The van der Waals surface area contributed by atoms with Gasteiger partial charge in [0.15, 0.2) is 17.1 Å². The zero-order valence-corrected chi connectivity index (χ0v) is 53.3. The quantitative estimate of drug-likeness (QED) is 0.0755. The van der Waals surface area contributed by atoms with E-state index in [1.807, 2.05) is 95.2 Å². The van der Waals surface area contributed by atoms with E-state index < -0.39 is 90.4 Å². The minimum absolute atomic E-state index is 0.00288. The van der Waals surface area contributed by atoms with Gasteiger partial charge in [-0.3, -0.25) is 0 Å². The standard InChI is InChI=1S/C20H19BF3NO3.C14H7F3INO.C12H24B2O4.C8H3F4N.C6H5IO/c1-18(2)19(3,4)28-21(27-18)13-6-8-14(9-7-13)26-15-10-11-17(25-5)16(12-15)20(22,23)24;1-19-13-7-6-11(8-12(13)14(15,16)17)20-10-4-2-9(18)3-5-10;1-9(2)10(3,4)16-13(15-9)14-17-11(5,6)12(7,8)18-14;1-13-7-3-2-5(9)4-6(7)8(10,11)12;7-5-1-3-6(8)4-2-5/h6-12H,1-4H3;2-8H;1-8H3;2-4H;1-4,8H. The van der Waals surface area contributed by atoms with Crippen LogP contribution in [0, 0.1) is 32.7 Å². The monoisotopic (exact) mass is 1440 g/mol. The Kier molecular flexibility index (Phi) is 22.9. The van der Waals surface area contributed by atoms with Crippen molar-refractivity contribution in [3.05, 3.63) is 191 Å². The lowest BCUT2D eigenvalue weighted by Gasteiger charge is -2.32. The Morgan fingerprint density at radius 1 is 0.402 bits per heavy atom. The Labute approximate surface area is 527 Å². The minimum atomic E-state index is -4.68. The third-order valence-electron chi connectivity index (χ3n) is 14.5. The number of aromatic hydroxyl groups is 1. The lowest BCUT2D eigenvalue weighted by molar-refractivity contribution is -0.137. The summed E-state index contributed by atoms with van der Waals surface area (Å²) in [6.07, 6.45) is -13.9. The fraction of sp³-hybridized carbons (Fsp3) is 0.350. The second-order valence-corrected chi connectivity index (χ2v) is 24.9. The number of phenolic OH excluding ortho intramolecular Hbond substituents is 1. The van der Waals surface area contributed by atoms with E-state index in [4.69, 9.17) is 62.2 Å². The van der Waals surface area contributed by atoms with Gasteiger partial charge in [-0.2, -0.15) is 39.5 Å². The predicted octanol–water partition coefficient (Wildman–Crippen LogP) is 18.6. The number of alkyl halides is 9. The summed E-state index contributed by atoms with van der Waals surface area (Å²) in [5, 5.41) is 8.75. The van der Waals surface area contributed by atoms with Crippen molar-refractivity contribution in [2.45, 2.75) is 135 Å². The maximum Gasteiger partial charge on any atom is 0.494 e. The minimum Gasteiger partial charge on any atom is -0.508 e. The molecule has 27 heteroatoms. The van der Waals surface area contributed by atoms with Gasteiger partial charge in [0, 0.05) is 7.14 Å². The number of hydrogen-bond acceptors (Lipinski definition) is 9. The molecule has 6 aromatic carbocycles. The van der Waals surface area contributed by atoms with Crippen LogP contribution in [0.25, 0.3) is 14.5 Å². The summed E-state index contributed by atoms with van der Waals surface area (Å²) in [6.45, 7) is 44.1. The molecule has 6 aromatic rings. The van der Waals surface area contributed by atoms with Crippen molar-refractivity contribution in [2.24, 2.45) is 0 Å². The van der Waals surface area contributed by atoms with Crippen LogP contribution >= 0.6 is 45.2 Å². The smallest absolute Gasteiger partial charge is 0.494 e. The number of hydrogen-bond donors (Lipinski definition) is 1. The molecule has 3 saturated heterocycles. The third kappa shape index (κ3) is 19.0. The fourth-order valence-corrected chi connectivity index (χ4v) is 8.25. The lowest BCUT2D eigenvalue weighted by Crippen LogP contribution is -2.41. The Hall–Kier alpha value is -6.10. The average molecular weight is 1440 g/mol. The number of benzene rings is 6. The molecule has 0 unspecified atom stereocenters. The molecule has 0 bridgehead atoms. The largest absolute Gasteiger partial charge is 0.508 e. The van der Waals surface area contributed by atoms with E-state index in [9.17, 15) is 43.9 Å². The molecule has 0 radical (unpaired) electrons. The van der Waals surface area contributed by atoms with Gasteiger partial charge < -0.3 is 42.5 Å². The molecule has 0 aromatic heterocycles. The van der Waals surface area contributed by atoms with E-state index in [1.165, 1.54) is 12.1 Å². The first-order valence-electron chi connectivity index (χ1n) is 26.1. The maximum atomic E-state index is 13.1. The summed E-state index contributed by atoms with van der Waals surface area (Å²) >= 11 is 4.30. The molecule has 3 heterocycles. The van der Waals surface area contributed by atoms with Crippen LogP contribution in [0.3, 0.4) is 0 Å². The fourth-order valence-electron chi connectivity index (χ4n) is 7.53. The van der Waals surface area contributed by atoms with Crippen molar-refractivity contribution in [2.75, 3.05) is 0 Å². The van der Waals surface area contributed by atoms with E-state index in [2.05, 4.69) is 59.7 Å². The maximum absolute atomic E-state index is 13.1. The van der Waals surface area contributed by atoms with Crippen LogP contribution in [0.5, 0.6) is 28.7 Å². The Bertz CT molecular complexity index is 3380. The van der Waals surface area contributed by atoms with Crippen molar-refractivity contribution < 1.29 is 86.4 Å². The molecule has 3 aliphatic heterocycles. The second kappa shape index (κ2) is 27.7. The average Bonchev–Trinajstić information content (AvgIpc) is 1.68. The number of halogens is 12. The van der Waals surface area contributed by atoms with E-state index in [-0.39, 0.29) is 33.9 Å².